The molecule has 2 heteroatoms. The van der Waals surface area contributed by atoms with E-state index in [1.165, 1.54) is 23.8 Å². The topological polar surface area (TPSA) is 26.3 Å². The predicted octanol–water partition coefficient (Wildman–Crippen LogP) is 4.05. The molecular weight excluding hydrogens is 248 g/mol. The Morgan fingerprint density at radius 2 is 1.85 bits per heavy atom. The van der Waals surface area contributed by atoms with Gasteiger partial charge in [-0.3, -0.25) is 4.79 Å². The van der Waals surface area contributed by atoms with Gasteiger partial charge in [-0.1, -0.05) is 36.4 Å². The summed E-state index contributed by atoms with van der Waals surface area (Å²) in [5.74, 6) is 2.81. The van der Waals surface area contributed by atoms with Crippen LogP contribution in [0.1, 0.15) is 24.3 Å². The fraction of sp³-hybridized carbons (Fsp3) is 0.278. The van der Waals surface area contributed by atoms with Gasteiger partial charge in [-0.15, -0.1) is 0 Å². The first-order chi connectivity index (χ1) is 9.83. The molecule has 2 aromatic carbocycles. The van der Waals surface area contributed by atoms with Crippen molar-refractivity contribution in [2.45, 2.75) is 18.8 Å². The minimum absolute atomic E-state index is 0.469. The van der Waals surface area contributed by atoms with Crippen molar-refractivity contribution in [3.8, 4) is 5.75 Å². The molecule has 100 valence electrons. The molecule has 0 aliphatic heterocycles. The Morgan fingerprint density at radius 1 is 1.00 bits per heavy atom. The molecule has 20 heavy (non-hydrogen) atoms. The number of allylic oxidation sites excluding steroid dienone is 2. The summed E-state index contributed by atoms with van der Waals surface area (Å²) in [5.41, 5.74) is 1.44. The van der Waals surface area contributed by atoms with Crippen LogP contribution in [0.2, 0.25) is 0 Å². The average Bonchev–Trinajstić information content (AvgIpc) is 3.10. The zero-order valence-corrected chi connectivity index (χ0v) is 11.2. The quantitative estimate of drug-likeness (QED) is 0.617. The Hall–Kier alpha value is -2.09. The number of ether oxygens (including phenoxy) is 1. The van der Waals surface area contributed by atoms with Crippen LogP contribution in [0.4, 0.5) is 0 Å². The lowest BCUT2D eigenvalue weighted by Crippen LogP contribution is -2.04. The number of hydrogen-bond acceptors (Lipinski definition) is 2. The van der Waals surface area contributed by atoms with Gasteiger partial charge in [0.05, 0.1) is 0 Å². The summed E-state index contributed by atoms with van der Waals surface area (Å²) < 4.78 is 4.89. The van der Waals surface area contributed by atoms with Gasteiger partial charge in [0.15, 0.2) is 0 Å². The first kappa shape index (κ1) is 11.7. The molecule has 2 nitrogen and oxygen atoms in total. The zero-order valence-electron chi connectivity index (χ0n) is 11.2. The van der Waals surface area contributed by atoms with E-state index in [0.29, 0.717) is 18.1 Å². The summed E-state index contributed by atoms with van der Waals surface area (Å²) in [6.07, 6.45) is 7.39. The second-order valence-corrected chi connectivity index (χ2v) is 5.87. The monoisotopic (exact) mass is 264 g/mol. The first-order valence-corrected chi connectivity index (χ1v) is 7.16. The van der Waals surface area contributed by atoms with E-state index in [2.05, 4.69) is 30.4 Å². The number of fused-ring (bicyclic) bond motifs is 3. The first-order valence-electron chi connectivity index (χ1n) is 7.16. The van der Waals surface area contributed by atoms with E-state index in [4.69, 9.17) is 4.74 Å². The van der Waals surface area contributed by atoms with Gasteiger partial charge >= 0.3 is 0 Å². The van der Waals surface area contributed by atoms with Crippen molar-refractivity contribution < 1.29 is 9.53 Å². The van der Waals surface area contributed by atoms with Gasteiger partial charge in [-0.05, 0) is 59.1 Å². The number of hydrogen-bond donors (Lipinski definition) is 0. The maximum atomic E-state index is 10.4. The summed E-state index contributed by atoms with van der Waals surface area (Å²) in [6, 6.07) is 12.4. The van der Waals surface area contributed by atoms with E-state index in [1.807, 2.05) is 18.2 Å². The molecule has 0 radical (unpaired) electrons. The second kappa shape index (κ2) is 4.48. The zero-order chi connectivity index (χ0) is 13.5. The SMILES string of the molecule is O=COc1ccc2cc(C3CC4C=CC3C4)ccc2c1. The van der Waals surface area contributed by atoms with Gasteiger partial charge < -0.3 is 4.74 Å². The van der Waals surface area contributed by atoms with E-state index in [-0.39, 0.29) is 0 Å². The summed E-state index contributed by atoms with van der Waals surface area (Å²) in [7, 11) is 0. The molecule has 0 heterocycles. The third-order valence-corrected chi connectivity index (χ3v) is 4.73. The van der Waals surface area contributed by atoms with Crippen molar-refractivity contribution in [1.29, 1.82) is 0 Å². The van der Waals surface area contributed by atoms with Crippen molar-refractivity contribution in [2.24, 2.45) is 11.8 Å². The van der Waals surface area contributed by atoms with Crippen LogP contribution >= 0.6 is 0 Å². The van der Waals surface area contributed by atoms with Crippen LogP contribution in [-0.2, 0) is 4.79 Å². The largest absolute Gasteiger partial charge is 0.429 e. The molecular formula is C18H16O2. The Kier molecular flexibility index (Phi) is 2.62. The molecule has 2 aliphatic rings. The van der Waals surface area contributed by atoms with Crippen LogP contribution in [0, 0.1) is 11.8 Å². The second-order valence-electron chi connectivity index (χ2n) is 5.87. The molecule has 2 aliphatic carbocycles. The highest BCUT2D eigenvalue weighted by Gasteiger charge is 2.36. The van der Waals surface area contributed by atoms with Gasteiger partial charge in [0.2, 0.25) is 0 Å². The van der Waals surface area contributed by atoms with Crippen molar-refractivity contribution >= 4 is 17.2 Å². The molecule has 1 fully saturated rings. The molecule has 0 N–H and O–H groups in total. The smallest absolute Gasteiger partial charge is 0.298 e. The van der Waals surface area contributed by atoms with Crippen LogP contribution in [0.25, 0.3) is 10.8 Å². The Bertz CT molecular complexity index is 702. The van der Waals surface area contributed by atoms with Gasteiger partial charge in [0, 0.05) is 0 Å². The summed E-state index contributed by atoms with van der Waals surface area (Å²) in [6.45, 7) is 0.469. The normalized spacial score (nSPS) is 27.1. The summed E-state index contributed by atoms with van der Waals surface area (Å²) >= 11 is 0. The van der Waals surface area contributed by atoms with Crippen molar-refractivity contribution in [2.75, 3.05) is 0 Å². The van der Waals surface area contributed by atoms with Crippen molar-refractivity contribution in [1.82, 2.24) is 0 Å². The van der Waals surface area contributed by atoms with E-state index in [0.717, 1.165) is 17.2 Å². The Morgan fingerprint density at radius 3 is 2.60 bits per heavy atom. The molecule has 0 saturated heterocycles. The lowest BCUT2D eigenvalue weighted by atomic mass is 9.86. The molecule has 3 atom stereocenters. The minimum Gasteiger partial charge on any atom is -0.429 e. The number of benzene rings is 2. The highest BCUT2D eigenvalue weighted by molar-refractivity contribution is 5.85. The number of rotatable bonds is 3. The Labute approximate surface area is 118 Å². The predicted molar refractivity (Wildman–Crippen MR) is 78.7 cm³/mol. The highest BCUT2D eigenvalue weighted by Crippen LogP contribution is 2.49. The van der Waals surface area contributed by atoms with E-state index >= 15 is 0 Å². The van der Waals surface area contributed by atoms with Crippen LogP contribution in [0.15, 0.2) is 48.6 Å². The van der Waals surface area contributed by atoms with E-state index in [1.54, 1.807) is 0 Å². The molecule has 2 bridgehead atoms. The average molecular weight is 264 g/mol. The highest BCUT2D eigenvalue weighted by atomic mass is 16.5. The standard InChI is InChI=1S/C18H16O2/c19-11-20-17-6-5-13-9-16(4-3-14(13)10-17)18-8-12-1-2-15(18)7-12/h1-6,9-12,15,18H,7-8H2. The Balaban J connectivity index is 1.70. The number of carbonyl (C=O) groups excluding carboxylic acids is 1. The van der Waals surface area contributed by atoms with Crippen molar-refractivity contribution in [3.63, 3.8) is 0 Å². The van der Waals surface area contributed by atoms with Crippen molar-refractivity contribution in [3.05, 3.63) is 54.1 Å². The molecule has 3 unspecified atom stereocenters. The molecule has 0 aromatic heterocycles. The van der Waals surface area contributed by atoms with Crippen LogP contribution in [0.3, 0.4) is 0 Å². The molecule has 0 spiro atoms. The van der Waals surface area contributed by atoms with E-state index in [9.17, 15) is 4.79 Å². The molecule has 2 aromatic rings. The number of carbonyl (C=O) groups is 1. The van der Waals surface area contributed by atoms with Crippen LogP contribution in [-0.4, -0.2) is 6.47 Å². The third-order valence-electron chi connectivity index (χ3n) is 4.73. The summed E-state index contributed by atoms with van der Waals surface area (Å²) in [5, 5.41) is 2.33. The van der Waals surface area contributed by atoms with E-state index < -0.39 is 0 Å². The van der Waals surface area contributed by atoms with Crippen LogP contribution < -0.4 is 4.74 Å². The lowest BCUT2D eigenvalue weighted by molar-refractivity contribution is -0.120. The van der Waals surface area contributed by atoms with Crippen LogP contribution in [0.5, 0.6) is 5.75 Å². The molecule has 0 amide bonds. The minimum atomic E-state index is 0.469. The maximum Gasteiger partial charge on any atom is 0.298 e. The fourth-order valence-corrected chi connectivity index (χ4v) is 3.77. The third kappa shape index (κ3) is 1.83. The molecule has 1 saturated carbocycles. The maximum absolute atomic E-state index is 10.4. The van der Waals surface area contributed by atoms with Gasteiger partial charge in [0.25, 0.3) is 6.47 Å². The summed E-state index contributed by atoms with van der Waals surface area (Å²) in [4.78, 5) is 10.4. The fourth-order valence-electron chi connectivity index (χ4n) is 3.77. The lowest BCUT2D eigenvalue weighted by Gasteiger charge is -2.19. The molecule has 4 rings (SSSR count). The van der Waals surface area contributed by atoms with Gasteiger partial charge in [-0.2, -0.15) is 0 Å². The van der Waals surface area contributed by atoms with Gasteiger partial charge in [-0.25, -0.2) is 0 Å². The van der Waals surface area contributed by atoms with Gasteiger partial charge in [0.1, 0.15) is 5.75 Å².